The lowest BCUT2D eigenvalue weighted by molar-refractivity contribution is 0.415. The molecule has 3 aromatic carbocycles. The van der Waals surface area contributed by atoms with E-state index in [1.54, 1.807) is 25.3 Å². The van der Waals surface area contributed by atoms with Crippen molar-refractivity contribution < 1.29 is 4.74 Å². The van der Waals surface area contributed by atoms with Crippen molar-refractivity contribution >= 4 is 34.3 Å². The third-order valence-corrected chi connectivity index (χ3v) is 6.50. The van der Waals surface area contributed by atoms with E-state index in [2.05, 4.69) is 20.2 Å². The predicted octanol–water partition coefficient (Wildman–Crippen LogP) is 5.43. The first-order valence-corrected chi connectivity index (χ1v) is 11.9. The number of fused-ring (bicyclic) bond motifs is 1. The van der Waals surface area contributed by atoms with E-state index in [1.807, 2.05) is 60.0 Å². The molecule has 0 radical (unpaired) electrons. The number of aromatic nitrogens is 5. The van der Waals surface area contributed by atoms with Crippen LogP contribution in [0.3, 0.4) is 0 Å². The van der Waals surface area contributed by atoms with Crippen LogP contribution in [0, 0.1) is 6.92 Å². The largest absolute Gasteiger partial charge is 0.497 e. The number of hydrogen-bond donors (Lipinski definition) is 1. The molecule has 0 aliphatic rings. The van der Waals surface area contributed by atoms with Gasteiger partial charge in [0.05, 0.1) is 23.8 Å². The van der Waals surface area contributed by atoms with Crippen molar-refractivity contribution in [2.75, 3.05) is 7.11 Å². The third kappa shape index (κ3) is 4.42. The summed E-state index contributed by atoms with van der Waals surface area (Å²) in [6, 6.07) is 20.9. The number of halogens is 1. The first kappa shape index (κ1) is 22.2. The molecule has 0 fully saturated rings. The Bertz CT molecular complexity index is 1530. The van der Waals surface area contributed by atoms with Gasteiger partial charge in [-0.25, -0.2) is 4.98 Å². The zero-order valence-corrected chi connectivity index (χ0v) is 20.0. The summed E-state index contributed by atoms with van der Waals surface area (Å²) in [5.74, 6) is 2.42. The molecule has 2 aromatic heterocycles. The molecule has 0 spiro atoms. The number of ether oxygens (including phenoxy) is 1. The second-order valence-electron chi connectivity index (χ2n) is 7.67. The van der Waals surface area contributed by atoms with Crippen molar-refractivity contribution in [2.45, 2.75) is 17.8 Å². The zero-order chi connectivity index (χ0) is 23.7. The highest BCUT2D eigenvalue weighted by Crippen LogP contribution is 2.30. The van der Waals surface area contributed by atoms with E-state index in [0.717, 1.165) is 22.6 Å². The maximum Gasteiger partial charge on any atom is 0.258 e. The molecule has 9 heteroatoms. The van der Waals surface area contributed by atoms with E-state index in [0.29, 0.717) is 38.5 Å². The van der Waals surface area contributed by atoms with Gasteiger partial charge in [0, 0.05) is 16.3 Å². The molecule has 2 heterocycles. The maximum absolute atomic E-state index is 12.5. The molecule has 5 rings (SSSR count). The van der Waals surface area contributed by atoms with Gasteiger partial charge in [0.2, 0.25) is 0 Å². The van der Waals surface area contributed by atoms with Gasteiger partial charge in [-0.3, -0.25) is 9.36 Å². The fourth-order valence-electron chi connectivity index (χ4n) is 3.58. The minimum Gasteiger partial charge on any atom is -0.497 e. The topological polar surface area (TPSA) is 85.7 Å². The molecular weight excluding hydrogens is 470 g/mol. The Hall–Kier alpha value is -3.62. The second-order valence-corrected chi connectivity index (χ2v) is 9.05. The number of thioether (sulfide) groups is 1. The lowest BCUT2D eigenvalue weighted by Gasteiger charge is -2.11. The Morgan fingerprint density at radius 3 is 2.53 bits per heavy atom. The second kappa shape index (κ2) is 9.32. The number of aromatic amines is 1. The molecule has 0 aliphatic carbocycles. The van der Waals surface area contributed by atoms with Crippen LogP contribution in [0.5, 0.6) is 5.75 Å². The van der Waals surface area contributed by atoms with Crippen LogP contribution in [-0.4, -0.2) is 31.8 Å². The maximum atomic E-state index is 12.5. The monoisotopic (exact) mass is 489 g/mol. The van der Waals surface area contributed by atoms with Crippen molar-refractivity contribution in [2.24, 2.45) is 0 Å². The molecule has 0 amide bonds. The minimum atomic E-state index is -0.198. The van der Waals surface area contributed by atoms with Crippen LogP contribution in [0.1, 0.15) is 11.4 Å². The van der Waals surface area contributed by atoms with Crippen LogP contribution < -0.4 is 10.3 Å². The van der Waals surface area contributed by atoms with Gasteiger partial charge in [-0.05, 0) is 61.5 Å². The summed E-state index contributed by atoms with van der Waals surface area (Å²) in [6.07, 6.45) is 0. The van der Waals surface area contributed by atoms with Gasteiger partial charge in [-0.2, -0.15) is 0 Å². The van der Waals surface area contributed by atoms with Crippen LogP contribution in [0.2, 0.25) is 5.02 Å². The van der Waals surface area contributed by atoms with Gasteiger partial charge in [-0.1, -0.05) is 41.1 Å². The number of H-pyrrole nitrogens is 1. The first-order chi connectivity index (χ1) is 16.5. The minimum absolute atomic E-state index is 0.198. The van der Waals surface area contributed by atoms with E-state index >= 15 is 0 Å². The molecule has 0 unspecified atom stereocenters. The van der Waals surface area contributed by atoms with Crippen molar-refractivity contribution in [1.29, 1.82) is 0 Å². The summed E-state index contributed by atoms with van der Waals surface area (Å²) in [5.41, 5.74) is 3.37. The predicted molar refractivity (Wildman–Crippen MR) is 135 cm³/mol. The zero-order valence-electron chi connectivity index (χ0n) is 18.4. The fraction of sp³-hybridized carbons (Fsp3) is 0.120. The molecular formula is C25H20ClN5O2S. The molecule has 0 bridgehead atoms. The van der Waals surface area contributed by atoms with Gasteiger partial charge in [-0.15, -0.1) is 10.2 Å². The Morgan fingerprint density at radius 2 is 1.79 bits per heavy atom. The number of benzene rings is 3. The van der Waals surface area contributed by atoms with Crippen LogP contribution in [-0.2, 0) is 5.75 Å². The van der Waals surface area contributed by atoms with E-state index < -0.39 is 0 Å². The average Bonchev–Trinajstić information content (AvgIpc) is 3.27. The SMILES string of the molecule is COc1ccc(-c2nnc(SCc3nc4cc(Cl)ccc4c(=O)[nH]3)n2-c2ccc(C)cc2)cc1. The average molecular weight is 490 g/mol. The number of hydrogen-bond acceptors (Lipinski definition) is 6. The summed E-state index contributed by atoms with van der Waals surface area (Å²) in [7, 11) is 1.64. The van der Waals surface area contributed by atoms with Crippen LogP contribution in [0.15, 0.2) is 76.7 Å². The number of rotatable bonds is 6. The van der Waals surface area contributed by atoms with Gasteiger partial charge in [0.15, 0.2) is 11.0 Å². The molecule has 7 nitrogen and oxygen atoms in total. The quantitative estimate of drug-likeness (QED) is 0.320. The summed E-state index contributed by atoms with van der Waals surface area (Å²) in [6.45, 7) is 2.05. The van der Waals surface area contributed by atoms with Gasteiger partial charge in [0.25, 0.3) is 5.56 Å². The summed E-state index contributed by atoms with van der Waals surface area (Å²) in [5, 5.41) is 10.6. The van der Waals surface area contributed by atoms with Gasteiger partial charge >= 0.3 is 0 Å². The summed E-state index contributed by atoms with van der Waals surface area (Å²) >= 11 is 7.53. The van der Waals surface area contributed by atoms with E-state index in [9.17, 15) is 4.79 Å². The van der Waals surface area contributed by atoms with E-state index in [1.165, 1.54) is 11.8 Å². The highest BCUT2D eigenvalue weighted by molar-refractivity contribution is 7.98. The molecule has 34 heavy (non-hydrogen) atoms. The van der Waals surface area contributed by atoms with Crippen molar-refractivity contribution in [3.8, 4) is 22.8 Å². The normalized spacial score (nSPS) is 11.1. The highest BCUT2D eigenvalue weighted by atomic mass is 35.5. The standard InChI is InChI=1S/C25H20ClN5O2S/c1-15-3-8-18(9-4-15)31-23(16-5-10-19(33-2)11-6-16)29-30-25(31)34-14-22-27-21-13-17(26)7-12-20(21)24(32)28-22/h3-13H,14H2,1-2H3,(H,27,28,32). The Balaban J connectivity index is 1.52. The van der Waals surface area contributed by atoms with Crippen molar-refractivity contribution in [3.63, 3.8) is 0 Å². The molecule has 0 saturated heterocycles. The number of aryl methyl sites for hydroxylation is 1. The molecule has 170 valence electrons. The first-order valence-electron chi connectivity index (χ1n) is 10.5. The Kier molecular flexibility index (Phi) is 6.08. The Labute approximate surface area is 204 Å². The van der Waals surface area contributed by atoms with E-state index in [4.69, 9.17) is 16.3 Å². The van der Waals surface area contributed by atoms with Crippen molar-refractivity contribution in [1.82, 2.24) is 24.7 Å². The lowest BCUT2D eigenvalue weighted by atomic mass is 10.2. The van der Waals surface area contributed by atoms with Gasteiger partial charge < -0.3 is 9.72 Å². The van der Waals surface area contributed by atoms with Crippen LogP contribution in [0.4, 0.5) is 0 Å². The number of nitrogens with zero attached hydrogens (tertiary/aromatic N) is 4. The molecule has 5 aromatic rings. The number of nitrogens with one attached hydrogen (secondary N) is 1. The molecule has 0 atom stereocenters. The fourth-order valence-corrected chi connectivity index (χ4v) is 4.57. The lowest BCUT2D eigenvalue weighted by Crippen LogP contribution is -2.11. The smallest absolute Gasteiger partial charge is 0.258 e. The van der Waals surface area contributed by atoms with Crippen LogP contribution in [0.25, 0.3) is 28.0 Å². The van der Waals surface area contributed by atoms with Crippen LogP contribution >= 0.6 is 23.4 Å². The molecule has 0 aliphatic heterocycles. The summed E-state index contributed by atoms with van der Waals surface area (Å²) in [4.78, 5) is 19.9. The Morgan fingerprint density at radius 1 is 1.03 bits per heavy atom. The third-order valence-electron chi connectivity index (χ3n) is 5.33. The van der Waals surface area contributed by atoms with Gasteiger partial charge in [0.1, 0.15) is 11.6 Å². The highest BCUT2D eigenvalue weighted by Gasteiger charge is 2.17. The molecule has 0 saturated carbocycles. The van der Waals surface area contributed by atoms with E-state index in [-0.39, 0.29) is 5.56 Å². The number of methoxy groups -OCH3 is 1. The molecule has 1 N–H and O–H groups in total. The van der Waals surface area contributed by atoms with Crippen molar-refractivity contribution in [3.05, 3.63) is 93.5 Å². The summed E-state index contributed by atoms with van der Waals surface area (Å²) < 4.78 is 7.28.